The maximum absolute atomic E-state index is 13.0. The third kappa shape index (κ3) is 3.41. The average Bonchev–Trinajstić information content (AvgIpc) is 2.72. The van der Waals surface area contributed by atoms with E-state index in [1.807, 2.05) is 54.3 Å². The van der Waals surface area contributed by atoms with Gasteiger partial charge in [-0.1, -0.05) is 30.3 Å². The van der Waals surface area contributed by atoms with Gasteiger partial charge in [-0.25, -0.2) is 0 Å². The summed E-state index contributed by atoms with van der Waals surface area (Å²) in [7, 11) is 0. The summed E-state index contributed by atoms with van der Waals surface area (Å²) in [5, 5.41) is 10.3. The smallest absolute Gasteiger partial charge is 0.253 e. The molecule has 2 aromatic carbocycles. The minimum atomic E-state index is -0.0577. The van der Waals surface area contributed by atoms with E-state index in [2.05, 4.69) is 23.2 Å². The Bertz CT molecular complexity index is 1050. The van der Waals surface area contributed by atoms with Crippen LogP contribution in [0.4, 0.5) is 0 Å². The minimum absolute atomic E-state index is 0.00637. The number of hydrogen-bond acceptors (Lipinski definition) is 3. The fourth-order valence-electron chi connectivity index (χ4n) is 3.82. The Morgan fingerprint density at radius 3 is 2.89 bits per heavy atom. The molecule has 2 heterocycles. The zero-order valence-corrected chi connectivity index (χ0v) is 15.4. The van der Waals surface area contributed by atoms with Crippen molar-refractivity contribution in [2.24, 2.45) is 5.92 Å². The molecule has 4 heteroatoms. The molecule has 0 radical (unpaired) electrons. The van der Waals surface area contributed by atoms with E-state index in [9.17, 15) is 10.1 Å². The standard InChI is InChI=1S/C23H21N3O/c1-16-12-21(20-9-2-3-10-22(20)25-16)18-7-4-8-19(13-18)23(27)26-11-5-6-17(14-24)15-26/h2-4,7-10,12-13,17H,5-6,11,15H2,1H3/t17-/m1/s1. The number of amides is 1. The Morgan fingerprint density at radius 1 is 1.19 bits per heavy atom. The van der Waals surface area contributed by atoms with E-state index in [0.717, 1.165) is 47.1 Å². The maximum Gasteiger partial charge on any atom is 0.253 e. The van der Waals surface area contributed by atoms with Crippen molar-refractivity contribution in [2.45, 2.75) is 19.8 Å². The fraction of sp³-hybridized carbons (Fsp3) is 0.261. The molecule has 1 fully saturated rings. The predicted molar refractivity (Wildman–Crippen MR) is 106 cm³/mol. The van der Waals surface area contributed by atoms with Crippen LogP contribution in [0.1, 0.15) is 28.9 Å². The molecule has 4 rings (SSSR count). The van der Waals surface area contributed by atoms with Gasteiger partial charge in [-0.2, -0.15) is 5.26 Å². The van der Waals surface area contributed by atoms with Crippen LogP contribution in [-0.4, -0.2) is 28.9 Å². The van der Waals surface area contributed by atoms with Crippen LogP contribution in [0.15, 0.2) is 54.6 Å². The van der Waals surface area contributed by atoms with Gasteiger partial charge in [-0.15, -0.1) is 0 Å². The van der Waals surface area contributed by atoms with Crippen LogP contribution in [0.2, 0.25) is 0 Å². The van der Waals surface area contributed by atoms with Crippen LogP contribution in [0.3, 0.4) is 0 Å². The number of pyridine rings is 1. The Balaban J connectivity index is 1.72. The summed E-state index contributed by atoms with van der Waals surface area (Å²) in [6.45, 7) is 3.23. The van der Waals surface area contributed by atoms with Gasteiger partial charge >= 0.3 is 0 Å². The minimum Gasteiger partial charge on any atom is -0.337 e. The number of hydrogen-bond donors (Lipinski definition) is 0. The molecule has 0 N–H and O–H groups in total. The van der Waals surface area contributed by atoms with Gasteiger partial charge in [0.15, 0.2) is 0 Å². The summed E-state index contributed by atoms with van der Waals surface area (Å²) in [4.78, 5) is 19.4. The lowest BCUT2D eigenvalue weighted by molar-refractivity contribution is 0.0699. The Hall–Kier alpha value is -3.19. The van der Waals surface area contributed by atoms with Gasteiger partial charge < -0.3 is 4.90 Å². The molecule has 0 aliphatic carbocycles. The highest BCUT2D eigenvalue weighted by atomic mass is 16.2. The van der Waals surface area contributed by atoms with Gasteiger partial charge in [-0.05, 0) is 55.2 Å². The molecule has 1 atom stereocenters. The first-order chi connectivity index (χ1) is 13.2. The summed E-state index contributed by atoms with van der Waals surface area (Å²) in [5.41, 5.74) is 4.67. The molecule has 134 valence electrons. The van der Waals surface area contributed by atoms with Crippen LogP contribution >= 0.6 is 0 Å². The molecule has 27 heavy (non-hydrogen) atoms. The molecule has 0 unspecified atom stereocenters. The van der Waals surface area contributed by atoms with Gasteiger partial charge in [0.2, 0.25) is 0 Å². The van der Waals surface area contributed by atoms with Gasteiger partial charge in [0.05, 0.1) is 17.5 Å². The van der Waals surface area contributed by atoms with Crippen molar-refractivity contribution in [1.82, 2.24) is 9.88 Å². The summed E-state index contributed by atoms with van der Waals surface area (Å²) >= 11 is 0. The molecule has 1 saturated heterocycles. The highest BCUT2D eigenvalue weighted by Crippen LogP contribution is 2.29. The van der Waals surface area contributed by atoms with E-state index in [1.165, 1.54) is 0 Å². The lowest BCUT2D eigenvalue weighted by atomic mass is 9.96. The Labute approximate surface area is 159 Å². The highest BCUT2D eigenvalue weighted by molar-refractivity contribution is 5.99. The number of nitriles is 1. The van der Waals surface area contributed by atoms with Crippen LogP contribution in [0.25, 0.3) is 22.0 Å². The number of carbonyl (C=O) groups excluding carboxylic acids is 1. The fourth-order valence-corrected chi connectivity index (χ4v) is 3.82. The Kier molecular flexibility index (Phi) is 4.60. The zero-order chi connectivity index (χ0) is 18.8. The normalized spacial score (nSPS) is 16.9. The number of aryl methyl sites for hydroxylation is 1. The van der Waals surface area contributed by atoms with Gasteiger partial charge in [0, 0.05) is 29.7 Å². The summed E-state index contributed by atoms with van der Waals surface area (Å²) in [5.74, 6) is -0.0513. The second kappa shape index (κ2) is 7.20. The molecule has 0 saturated carbocycles. The van der Waals surface area contributed by atoms with Crippen LogP contribution < -0.4 is 0 Å². The van der Waals surface area contributed by atoms with Crippen LogP contribution in [0, 0.1) is 24.2 Å². The number of benzene rings is 2. The van der Waals surface area contributed by atoms with Crippen LogP contribution in [0.5, 0.6) is 0 Å². The molecule has 1 aliphatic rings. The van der Waals surface area contributed by atoms with Crippen LogP contribution in [-0.2, 0) is 0 Å². The first-order valence-corrected chi connectivity index (χ1v) is 9.31. The molecule has 1 aliphatic heterocycles. The molecule has 3 aromatic rings. The number of para-hydroxylation sites is 1. The number of fused-ring (bicyclic) bond motifs is 1. The van der Waals surface area contributed by atoms with Crippen molar-refractivity contribution in [2.75, 3.05) is 13.1 Å². The number of nitrogens with zero attached hydrogens (tertiary/aromatic N) is 3. The van der Waals surface area contributed by atoms with Crippen molar-refractivity contribution < 1.29 is 4.79 Å². The second-order valence-electron chi connectivity index (χ2n) is 7.13. The van der Waals surface area contributed by atoms with Crippen molar-refractivity contribution >= 4 is 16.8 Å². The first-order valence-electron chi connectivity index (χ1n) is 9.31. The number of carbonyl (C=O) groups is 1. The quantitative estimate of drug-likeness (QED) is 0.676. The van der Waals surface area contributed by atoms with E-state index in [-0.39, 0.29) is 11.8 Å². The second-order valence-corrected chi connectivity index (χ2v) is 7.13. The number of piperidine rings is 1. The van der Waals surface area contributed by atoms with E-state index < -0.39 is 0 Å². The van der Waals surface area contributed by atoms with E-state index >= 15 is 0 Å². The monoisotopic (exact) mass is 355 g/mol. The molecule has 4 nitrogen and oxygen atoms in total. The van der Waals surface area contributed by atoms with Crippen molar-refractivity contribution in [3.63, 3.8) is 0 Å². The zero-order valence-electron chi connectivity index (χ0n) is 15.4. The SMILES string of the molecule is Cc1cc(-c2cccc(C(=O)N3CCC[C@H](C#N)C3)c2)c2ccccc2n1. The molecule has 1 amide bonds. The molecular weight excluding hydrogens is 334 g/mol. The van der Waals surface area contributed by atoms with Crippen molar-refractivity contribution in [1.29, 1.82) is 5.26 Å². The largest absolute Gasteiger partial charge is 0.337 e. The maximum atomic E-state index is 13.0. The lowest BCUT2D eigenvalue weighted by Crippen LogP contribution is -2.39. The number of aromatic nitrogens is 1. The van der Waals surface area contributed by atoms with Gasteiger partial charge in [0.1, 0.15) is 0 Å². The van der Waals surface area contributed by atoms with Crippen molar-refractivity contribution in [3.05, 3.63) is 65.9 Å². The topological polar surface area (TPSA) is 57.0 Å². The van der Waals surface area contributed by atoms with Gasteiger partial charge in [0.25, 0.3) is 5.91 Å². The summed E-state index contributed by atoms with van der Waals surface area (Å²) in [6, 6.07) is 20.2. The predicted octanol–water partition coefficient (Wildman–Crippen LogP) is 4.59. The third-order valence-electron chi connectivity index (χ3n) is 5.16. The lowest BCUT2D eigenvalue weighted by Gasteiger charge is -2.29. The molecular formula is C23H21N3O. The Morgan fingerprint density at radius 2 is 2.04 bits per heavy atom. The number of rotatable bonds is 2. The average molecular weight is 355 g/mol. The van der Waals surface area contributed by atoms with E-state index in [0.29, 0.717) is 12.1 Å². The van der Waals surface area contributed by atoms with E-state index in [4.69, 9.17) is 0 Å². The van der Waals surface area contributed by atoms with E-state index in [1.54, 1.807) is 0 Å². The summed E-state index contributed by atoms with van der Waals surface area (Å²) < 4.78 is 0. The summed E-state index contributed by atoms with van der Waals surface area (Å²) in [6.07, 6.45) is 1.76. The highest BCUT2D eigenvalue weighted by Gasteiger charge is 2.24. The molecule has 0 spiro atoms. The number of likely N-dealkylation sites (tertiary alicyclic amines) is 1. The first kappa shape index (κ1) is 17.2. The molecule has 1 aromatic heterocycles. The van der Waals surface area contributed by atoms with Crippen molar-refractivity contribution in [3.8, 4) is 17.2 Å². The van der Waals surface area contributed by atoms with Gasteiger partial charge in [-0.3, -0.25) is 9.78 Å². The third-order valence-corrected chi connectivity index (χ3v) is 5.16. The molecule has 0 bridgehead atoms.